The van der Waals surface area contributed by atoms with E-state index < -0.39 is 18.0 Å². The van der Waals surface area contributed by atoms with Crippen LogP contribution in [0.3, 0.4) is 0 Å². The summed E-state index contributed by atoms with van der Waals surface area (Å²) in [6.45, 7) is 0. The number of aliphatic imine (C=N–C) groups is 2. The zero-order chi connectivity index (χ0) is 15.6. The van der Waals surface area contributed by atoms with Crippen molar-refractivity contribution in [3.05, 3.63) is 41.8 Å². The molecule has 1 amide bonds. The lowest BCUT2D eigenvalue weighted by Gasteiger charge is -2.33. The van der Waals surface area contributed by atoms with Crippen molar-refractivity contribution in [2.24, 2.45) is 32.9 Å². The van der Waals surface area contributed by atoms with Crippen molar-refractivity contribution >= 4 is 34.3 Å². The van der Waals surface area contributed by atoms with Gasteiger partial charge in [0.05, 0.1) is 0 Å². The van der Waals surface area contributed by atoms with Gasteiger partial charge in [-0.25, -0.2) is 4.99 Å². The molecular formula is C12H14ClN7O. The van der Waals surface area contributed by atoms with Crippen LogP contribution < -0.4 is 27.8 Å². The standard InChI is InChI=1S/C12H14ClN7O/c13-8-10(15)20(6-4-2-1-3-5-6)9(14)7(18-8)11(21)19-12(16)17/h1-5,10H,14-15H2,(H4,16,17,19,21). The number of anilines is 1. The van der Waals surface area contributed by atoms with Crippen LogP contribution >= 0.6 is 11.6 Å². The van der Waals surface area contributed by atoms with E-state index in [-0.39, 0.29) is 16.7 Å². The van der Waals surface area contributed by atoms with E-state index in [2.05, 4.69) is 9.98 Å². The molecule has 1 unspecified atom stereocenters. The fourth-order valence-corrected chi connectivity index (χ4v) is 2.00. The Morgan fingerprint density at radius 2 is 1.90 bits per heavy atom. The summed E-state index contributed by atoms with van der Waals surface area (Å²) < 4.78 is 0. The van der Waals surface area contributed by atoms with E-state index in [9.17, 15) is 4.79 Å². The highest BCUT2D eigenvalue weighted by atomic mass is 35.5. The third kappa shape index (κ3) is 2.96. The Bertz CT molecular complexity index is 649. The summed E-state index contributed by atoms with van der Waals surface area (Å²) in [5.41, 5.74) is 22.8. The topological polar surface area (TPSA) is 149 Å². The number of guanidine groups is 1. The van der Waals surface area contributed by atoms with E-state index in [0.29, 0.717) is 5.69 Å². The van der Waals surface area contributed by atoms with Gasteiger partial charge in [-0.2, -0.15) is 4.99 Å². The van der Waals surface area contributed by atoms with E-state index in [1.54, 1.807) is 24.3 Å². The van der Waals surface area contributed by atoms with E-state index >= 15 is 0 Å². The molecule has 0 radical (unpaired) electrons. The molecule has 1 aliphatic heterocycles. The van der Waals surface area contributed by atoms with Gasteiger partial charge in [-0.1, -0.05) is 29.8 Å². The maximum atomic E-state index is 11.9. The minimum absolute atomic E-state index is 0.00203. The number of benzene rings is 1. The predicted molar refractivity (Wildman–Crippen MR) is 82.2 cm³/mol. The van der Waals surface area contributed by atoms with Gasteiger partial charge in [0, 0.05) is 5.69 Å². The first-order valence-electron chi connectivity index (χ1n) is 5.89. The number of carbonyl (C=O) groups is 1. The Kier molecular flexibility index (Phi) is 4.10. The van der Waals surface area contributed by atoms with E-state index in [1.165, 1.54) is 4.90 Å². The van der Waals surface area contributed by atoms with E-state index in [4.69, 9.17) is 34.5 Å². The summed E-state index contributed by atoms with van der Waals surface area (Å²) >= 11 is 5.98. The Morgan fingerprint density at radius 1 is 1.29 bits per heavy atom. The van der Waals surface area contributed by atoms with Crippen molar-refractivity contribution in [1.29, 1.82) is 0 Å². The van der Waals surface area contributed by atoms with Crippen molar-refractivity contribution in [2.45, 2.75) is 6.17 Å². The van der Waals surface area contributed by atoms with Crippen LogP contribution in [-0.4, -0.2) is 23.2 Å². The molecule has 21 heavy (non-hydrogen) atoms. The first-order valence-corrected chi connectivity index (χ1v) is 6.27. The molecular weight excluding hydrogens is 294 g/mol. The number of hydrogen-bond donors (Lipinski definition) is 4. The molecule has 110 valence electrons. The van der Waals surface area contributed by atoms with Gasteiger partial charge >= 0.3 is 5.91 Å². The van der Waals surface area contributed by atoms with Crippen LogP contribution in [0, 0.1) is 0 Å². The van der Waals surface area contributed by atoms with Crippen molar-refractivity contribution in [2.75, 3.05) is 4.90 Å². The molecule has 1 atom stereocenters. The molecule has 0 aliphatic carbocycles. The maximum Gasteiger partial charge on any atom is 0.302 e. The van der Waals surface area contributed by atoms with Gasteiger partial charge in [-0.05, 0) is 12.1 Å². The molecule has 1 heterocycles. The summed E-state index contributed by atoms with van der Waals surface area (Å²) in [7, 11) is 0. The summed E-state index contributed by atoms with van der Waals surface area (Å²) in [5, 5.41) is 0.00203. The smallest absolute Gasteiger partial charge is 0.302 e. The second-order valence-electron chi connectivity index (χ2n) is 4.16. The van der Waals surface area contributed by atoms with Gasteiger partial charge in [0.15, 0.2) is 11.7 Å². The molecule has 2 rings (SSSR count). The highest BCUT2D eigenvalue weighted by molar-refractivity contribution is 6.67. The fourth-order valence-electron chi connectivity index (χ4n) is 1.82. The third-order valence-corrected chi connectivity index (χ3v) is 3.02. The number of halogens is 1. The monoisotopic (exact) mass is 307 g/mol. The summed E-state index contributed by atoms with van der Waals surface area (Å²) in [6.07, 6.45) is -0.801. The van der Waals surface area contributed by atoms with Crippen LogP contribution in [0.4, 0.5) is 5.69 Å². The maximum absolute atomic E-state index is 11.9. The molecule has 9 heteroatoms. The average molecular weight is 308 g/mol. The number of amides is 1. The lowest BCUT2D eigenvalue weighted by molar-refractivity contribution is -0.114. The quantitative estimate of drug-likeness (QED) is 0.421. The van der Waals surface area contributed by atoms with Crippen LogP contribution in [0.15, 0.2) is 51.8 Å². The van der Waals surface area contributed by atoms with Crippen LogP contribution in [0.1, 0.15) is 0 Å². The molecule has 0 saturated carbocycles. The first kappa shape index (κ1) is 14.8. The zero-order valence-electron chi connectivity index (χ0n) is 10.9. The van der Waals surface area contributed by atoms with Crippen molar-refractivity contribution in [3.8, 4) is 0 Å². The third-order valence-electron chi connectivity index (χ3n) is 2.71. The summed E-state index contributed by atoms with van der Waals surface area (Å²) in [5.74, 6) is -1.17. The van der Waals surface area contributed by atoms with Crippen LogP contribution in [0.5, 0.6) is 0 Å². The molecule has 0 bridgehead atoms. The van der Waals surface area contributed by atoms with Gasteiger partial charge in [-0.15, -0.1) is 0 Å². The lowest BCUT2D eigenvalue weighted by atomic mass is 10.2. The molecule has 8 nitrogen and oxygen atoms in total. The van der Waals surface area contributed by atoms with Crippen LogP contribution in [0.25, 0.3) is 0 Å². The minimum Gasteiger partial charge on any atom is -0.383 e. The molecule has 1 aromatic rings. The number of nitrogens with two attached hydrogens (primary N) is 4. The van der Waals surface area contributed by atoms with Gasteiger partial charge < -0.3 is 27.8 Å². The molecule has 8 N–H and O–H groups in total. The number of rotatable bonds is 2. The van der Waals surface area contributed by atoms with Crippen molar-refractivity contribution in [1.82, 2.24) is 0 Å². The zero-order valence-corrected chi connectivity index (χ0v) is 11.7. The largest absolute Gasteiger partial charge is 0.383 e. The van der Waals surface area contributed by atoms with Gasteiger partial charge in [-0.3, -0.25) is 4.79 Å². The van der Waals surface area contributed by atoms with Crippen molar-refractivity contribution < 1.29 is 4.79 Å². The minimum atomic E-state index is -0.801. The number of para-hydroxylation sites is 1. The van der Waals surface area contributed by atoms with Crippen LogP contribution in [0.2, 0.25) is 0 Å². The number of hydrogen-bond acceptors (Lipinski definition) is 5. The average Bonchev–Trinajstić information content (AvgIpc) is 2.43. The summed E-state index contributed by atoms with van der Waals surface area (Å²) in [4.78, 5) is 20.7. The van der Waals surface area contributed by atoms with Crippen molar-refractivity contribution in [3.63, 3.8) is 0 Å². The Hall–Kier alpha value is -2.58. The van der Waals surface area contributed by atoms with E-state index in [0.717, 1.165) is 0 Å². The molecule has 0 saturated heterocycles. The Labute approximate surface area is 125 Å². The molecule has 0 spiro atoms. The fraction of sp³-hybridized carbons (Fsp3) is 0.0833. The number of carbonyl (C=O) groups excluding carboxylic acids is 1. The lowest BCUT2D eigenvalue weighted by Crippen LogP contribution is -2.50. The van der Waals surface area contributed by atoms with Gasteiger partial charge in [0.25, 0.3) is 0 Å². The van der Waals surface area contributed by atoms with Gasteiger partial charge in [0.1, 0.15) is 17.2 Å². The van der Waals surface area contributed by atoms with E-state index in [1.807, 2.05) is 6.07 Å². The molecule has 1 aromatic carbocycles. The molecule has 0 fully saturated rings. The second-order valence-corrected chi connectivity index (χ2v) is 4.55. The summed E-state index contributed by atoms with van der Waals surface area (Å²) in [6, 6.07) is 8.97. The molecule has 1 aliphatic rings. The SMILES string of the molecule is NC(N)=NC(=O)C1=C(N)N(c2ccccc2)C(N)C(Cl)=N1. The Morgan fingerprint density at radius 3 is 2.48 bits per heavy atom. The Balaban J connectivity index is 2.51. The van der Waals surface area contributed by atoms with Gasteiger partial charge in [0.2, 0.25) is 0 Å². The second kappa shape index (κ2) is 5.81. The highest BCUT2D eigenvalue weighted by Crippen LogP contribution is 2.26. The first-order chi connectivity index (χ1) is 9.91. The normalized spacial score (nSPS) is 18.3. The number of nitrogens with zero attached hydrogens (tertiary/aromatic N) is 3. The predicted octanol–water partition coefficient (Wildman–Crippen LogP) is -0.643. The molecule has 0 aromatic heterocycles. The highest BCUT2D eigenvalue weighted by Gasteiger charge is 2.31. The van der Waals surface area contributed by atoms with Crippen LogP contribution in [-0.2, 0) is 4.79 Å².